The van der Waals surface area contributed by atoms with Crippen molar-refractivity contribution in [1.29, 1.82) is 0 Å². The average molecular weight is 399 g/mol. The fourth-order valence-corrected chi connectivity index (χ4v) is 3.81. The van der Waals surface area contributed by atoms with Gasteiger partial charge in [0, 0.05) is 18.8 Å². The Morgan fingerprint density at radius 2 is 1.60 bits per heavy atom. The molecule has 5 heteroatoms. The molecule has 2 aromatic carbocycles. The second-order valence-corrected chi connectivity index (χ2v) is 7.85. The number of pyridine rings is 1. The minimum absolute atomic E-state index is 0.151. The van der Waals surface area contributed by atoms with Gasteiger partial charge in [0.25, 0.3) is 11.8 Å². The second kappa shape index (κ2) is 8.49. The molecule has 30 heavy (non-hydrogen) atoms. The molecule has 4 rings (SSSR count). The molecule has 0 fully saturated rings. The van der Waals surface area contributed by atoms with Gasteiger partial charge in [-0.2, -0.15) is 0 Å². The molecule has 2 amide bonds. The molecule has 0 saturated heterocycles. The number of fused-ring (bicyclic) bond motifs is 1. The van der Waals surface area contributed by atoms with Crippen molar-refractivity contribution in [2.45, 2.75) is 32.7 Å². The summed E-state index contributed by atoms with van der Waals surface area (Å²) in [6.45, 7) is 5.38. The van der Waals surface area contributed by atoms with Crippen LogP contribution in [0.2, 0.25) is 0 Å². The number of aromatic nitrogens is 1. The summed E-state index contributed by atoms with van der Waals surface area (Å²) in [5.41, 5.74) is 4.80. The molecule has 1 aliphatic rings. The molecule has 3 aromatic rings. The Hall–Kier alpha value is -3.47. The molecule has 1 aromatic heterocycles. The van der Waals surface area contributed by atoms with Gasteiger partial charge in [-0.3, -0.25) is 9.59 Å². The lowest BCUT2D eigenvalue weighted by atomic mass is 10.00. The minimum atomic E-state index is -0.318. The third kappa shape index (κ3) is 4.10. The van der Waals surface area contributed by atoms with E-state index in [0.29, 0.717) is 18.8 Å². The zero-order valence-electron chi connectivity index (χ0n) is 17.3. The first-order valence-corrected chi connectivity index (χ1v) is 10.3. The molecule has 1 aliphatic heterocycles. The van der Waals surface area contributed by atoms with Crippen LogP contribution in [-0.2, 0) is 13.0 Å². The van der Waals surface area contributed by atoms with Crippen LogP contribution in [0.4, 0.5) is 5.69 Å². The van der Waals surface area contributed by atoms with Gasteiger partial charge in [0.2, 0.25) is 0 Å². The van der Waals surface area contributed by atoms with E-state index < -0.39 is 0 Å². The molecule has 152 valence electrons. The van der Waals surface area contributed by atoms with Crippen LogP contribution < -0.4 is 5.32 Å². The van der Waals surface area contributed by atoms with Gasteiger partial charge in [0.15, 0.2) is 0 Å². The van der Waals surface area contributed by atoms with Gasteiger partial charge in [-0.1, -0.05) is 62.4 Å². The number of nitrogens with one attached hydrogen (secondary N) is 1. The predicted molar refractivity (Wildman–Crippen MR) is 118 cm³/mol. The highest BCUT2D eigenvalue weighted by atomic mass is 16.2. The van der Waals surface area contributed by atoms with Gasteiger partial charge in [-0.15, -0.1) is 0 Å². The zero-order chi connectivity index (χ0) is 21.1. The summed E-state index contributed by atoms with van der Waals surface area (Å²) in [4.78, 5) is 32.0. The maximum absolute atomic E-state index is 13.0. The SMILES string of the molecule is CC(C)c1ccccc1NC(=O)c1cccc(C(=O)N2CCc3ccccc3C2)n1. The molecule has 0 aliphatic carbocycles. The number of rotatable bonds is 4. The maximum Gasteiger partial charge on any atom is 0.274 e. The molecule has 5 nitrogen and oxygen atoms in total. The Labute approximate surface area is 176 Å². The number of anilines is 1. The fraction of sp³-hybridized carbons (Fsp3) is 0.240. The number of hydrogen-bond donors (Lipinski definition) is 1. The number of carbonyl (C=O) groups is 2. The Morgan fingerprint density at radius 3 is 2.40 bits per heavy atom. The summed E-state index contributed by atoms with van der Waals surface area (Å²) in [7, 11) is 0. The van der Waals surface area contributed by atoms with Crippen molar-refractivity contribution in [3.8, 4) is 0 Å². The highest BCUT2D eigenvalue weighted by Crippen LogP contribution is 2.24. The van der Waals surface area contributed by atoms with Gasteiger partial charge in [-0.05, 0) is 47.2 Å². The average Bonchev–Trinajstić information content (AvgIpc) is 2.78. The smallest absolute Gasteiger partial charge is 0.274 e. The lowest BCUT2D eigenvalue weighted by molar-refractivity contribution is 0.0728. The largest absolute Gasteiger partial charge is 0.333 e. The maximum atomic E-state index is 13.0. The number of benzene rings is 2. The van der Waals surface area contributed by atoms with Crippen molar-refractivity contribution in [3.63, 3.8) is 0 Å². The predicted octanol–water partition coefficient (Wildman–Crippen LogP) is 4.66. The summed E-state index contributed by atoms with van der Waals surface area (Å²) in [5, 5.41) is 2.94. The third-order valence-corrected chi connectivity index (χ3v) is 5.45. The quantitative estimate of drug-likeness (QED) is 0.694. The van der Waals surface area contributed by atoms with E-state index in [4.69, 9.17) is 0 Å². The molecule has 0 saturated carbocycles. The van der Waals surface area contributed by atoms with E-state index in [-0.39, 0.29) is 23.4 Å². The molecule has 1 N–H and O–H groups in total. The third-order valence-electron chi connectivity index (χ3n) is 5.45. The van der Waals surface area contributed by atoms with E-state index in [1.54, 1.807) is 23.1 Å². The van der Waals surface area contributed by atoms with Crippen LogP contribution in [0.3, 0.4) is 0 Å². The van der Waals surface area contributed by atoms with Gasteiger partial charge in [-0.25, -0.2) is 4.98 Å². The standard InChI is InChI=1S/C25H25N3O2/c1-17(2)20-10-5-6-11-21(20)27-24(29)22-12-7-13-23(26-22)25(30)28-15-14-18-8-3-4-9-19(18)16-28/h3-13,17H,14-16H2,1-2H3,(H,27,29). The number of hydrogen-bond acceptors (Lipinski definition) is 3. The first kappa shape index (κ1) is 19.8. The summed E-state index contributed by atoms with van der Waals surface area (Å²) in [6.07, 6.45) is 0.827. The zero-order valence-corrected chi connectivity index (χ0v) is 17.3. The molecule has 0 spiro atoms. The lowest BCUT2D eigenvalue weighted by Gasteiger charge is -2.28. The summed E-state index contributed by atoms with van der Waals surface area (Å²) < 4.78 is 0. The molecule has 0 bridgehead atoms. The van der Waals surface area contributed by atoms with E-state index in [9.17, 15) is 9.59 Å². The van der Waals surface area contributed by atoms with Crippen molar-refractivity contribution < 1.29 is 9.59 Å². The Bertz CT molecular complexity index is 1090. The van der Waals surface area contributed by atoms with Crippen molar-refractivity contribution in [2.24, 2.45) is 0 Å². The number of amides is 2. The van der Waals surface area contributed by atoms with E-state index in [2.05, 4.69) is 36.3 Å². The molecule has 0 atom stereocenters. The fourth-order valence-electron chi connectivity index (χ4n) is 3.81. The summed E-state index contributed by atoms with van der Waals surface area (Å²) in [6, 6.07) is 20.9. The van der Waals surface area contributed by atoms with Gasteiger partial charge in [0.1, 0.15) is 11.4 Å². The first-order valence-electron chi connectivity index (χ1n) is 10.3. The van der Waals surface area contributed by atoms with Crippen LogP contribution in [0.5, 0.6) is 0 Å². The normalized spacial score (nSPS) is 13.1. The van der Waals surface area contributed by atoms with Crippen molar-refractivity contribution in [1.82, 2.24) is 9.88 Å². The molecule has 0 radical (unpaired) electrons. The Morgan fingerprint density at radius 1 is 0.900 bits per heavy atom. The summed E-state index contributed by atoms with van der Waals surface area (Å²) >= 11 is 0. The van der Waals surface area contributed by atoms with Crippen LogP contribution in [0.15, 0.2) is 66.7 Å². The van der Waals surface area contributed by atoms with Crippen LogP contribution >= 0.6 is 0 Å². The van der Waals surface area contributed by atoms with Gasteiger partial charge in [0.05, 0.1) is 0 Å². The molecule has 0 unspecified atom stereocenters. The van der Waals surface area contributed by atoms with E-state index in [1.165, 1.54) is 5.56 Å². The van der Waals surface area contributed by atoms with E-state index in [0.717, 1.165) is 23.2 Å². The second-order valence-electron chi connectivity index (χ2n) is 7.85. The highest BCUT2D eigenvalue weighted by Gasteiger charge is 2.23. The first-order chi connectivity index (χ1) is 14.5. The lowest BCUT2D eigenvalue weighted by Crippen LogP contribution is -2.36. The molecule has 2 heterocycles. The minimum Gasteiger partial charge on any atom is -0.333 e. The number of para-hydroxylation sites is 1. The highest BCUT2D eigenvalue weighted by molar-refractivity contribution is 6.04. The number of nitrogens with zero attached hydrogens (tertiary/aromatic N) is 2. The van der Waals surface area contributed by atoms with E-state index in [1.807, 2.05) is 36.4 Å². The van der Waals surface area contributed by atoms with Crippen LogP contribution in [0, 0.1) is 0 Å². The van der Waals surface area contributed by atoms with Crippen LogP contribution in [-0.4, -0.2) is 28.2 Å². The summed E-state index contributed by atoms with van der Waals surface area (Å²) in [5.74, 6) is -0.187. The van der Waals surface area contributed by atoms with Crippen LogP contribution in [0.25, 0.3) is 0 Å². The Balaban J connectivity index is 1.52. The van der Waals surface area contributed by atoms with Gasteiger partial charge >= 0.3 is 0 Å². The topological polar surface area (TPSA) is 62.3 Å². The Kier molecular flexibility index (Phi) is 5.61. The monoisotopic (exact) mass is 399 g/mol. The number of carbonyl (C=O) groups excluding carboxylic acids is 2. The van der Waals surface area contributed by atoms with Gasteiger partial charge < -0.3 is 10.2 Å². The van der Waals surface area contributed by atoms with Crippen molar-refractivity contribution >= 4 is 17.5 Å². The molecular formula is C25H25N3O2. The van der Waals surface area contributed by atoms with Crippen molar-refractivity contribution in [2.75, 3.05) is 11.9 Å². The molecular weight excluding hydrogens is 374 g/mol. The van der Waals surface area contributed by atoms with E-state index >= 15 is 0 Å². The van der Waals surface area contributed by atoms with Crippen molar-refractivity contribution in [3.05, 3.63) is 94.8 Å². The van der Waals surface area contributed by atoms with Crippen LogP contribution in [0.1, 0.15) is 57.4 Å².